The molecule has 0 saturated carbocycles. The Bertz CT molecular complexity index is 698. The van der Waals surface area contributed by atoms with Crippen molar-refractivity contribution in [1.29, 1.82) is 0 Å². The summed E-state index contributed by atoms with van der Waals surface area (Å²) in [5.41, 5.74) is 0. The highest BCUT2D eigenvalue weighted by Gasteiger charge is 2.21. The van der Waals surface area contributed by atoms with Gasteiger partial charge in [-0.15, -0.1) is 0 Å². The van der Waals surface area contributed by atoms with E-state index in [1.54, 1.807) is 19.9 Å². The number of piperidine rings is 1. The van der Waals surface area contributed by atoms with Gasteiger partial charge in [0.15, 0.2) is 11.6 Å². The van der Waals surface area contributed by atoms with Crippen LogP contribution in [0.25, 0.3) is 0 Å². The van der Waals surface area contributed by atoms with Crippen molar-refractivity contribution in [2.24, 2.45) is 0 Å². The molecule has 1 atom stereocenters. The lowest BCUT2D eigenvalue weighted by Gasteiger charge is -2.32. The van der Waals surface area contributed by atoms with Crippen molar-refractivity contribution in [3.8, 4) is 0 Å². The van der Waals surface area contributed by atoms with Crippen LogP contribution in [0.5, 0.6) is 0 Å². The smallest absolute Gasteiger partial charge is 0.226 e. The molecular weight excluding hydrogens is 324 g/mol. The maximum absolute atomic E-state index is 11.9. The molecule has 2 aromatic rings. The molecule has 0 spiro atoms. The molecule has 25 heavy (non-hydrogen) atoms. The summed E-state index contributed by atoms with van der Waals surface area (Å²) in [6, 6.07) is 2.06. The van der Waals surface area contributed by atoms with Gasteiger partial charge in [-0.05, 0) is 26.3 Å². The minimum Gasteiger partial charge on any atom is -0.360 e. The first-order chi connectivity index (χ1) is 12.1. The fraction of sp³-hybridized carbons (Fsp3) is 0.625. The van der Waals surface area contributed by atoms with E-state index in [9.17, 15) is 4.79 Å². The van der Waals surface area contributed by atoms with Crippen molar-refractivity contribution >= 4 is 11.7 Å². The molecule has 0 bridgehead atoms. The number of carbonyl (C=O) groups excluding carboxylic acids is 1. The van der Waals surface area contributed by atoms with Crippen molar-refractivity contribution in [2.45, 2.75) is 45.7 Å². The molecule has 1 saturated heterocycles. The fourth-order valence-electron chi connectivity index (χ4n) is 2.99. The van der Waals surface area contributed by atoms with Crippen molar-refractivity contribution in [3.63, 3.8) is 0 Å². The first kappa shape index (κ1) is 17.6. The molecule has 0 aliphatic carbocycles. The molecule has 1 aliphatic heterocycles. The maximum Gasteiger partial charge on any atom is 0.226 e. The zero-order valence-corrected chi connectivity index (χ0v) is 14.6. The van der Waals surface area contributed by atoms with E-state index in [-0.39, 0.29) is 5.91 Å². The first-order valence-corrected chi connectivity index (χ1v) is 8.56. The molecule has 0 unspecified atom stereocenters. The summed E-state index contributed by atoms with van der Waals surface area (Å²) in [6.07, 6.45) is 2.61. The molecule has 1 fully saturated rings. The average Bonchev–Trinajstić information content (AvgIpc) is 3.16. The molecule has 1 amide bonds. The predicted octanol–water partition coefficient (Wildman–Crippen LogP) is 1.26. The number of carbonyl (C=O) groups is 1. The average molecular weight is 348 g/mol. The molecule has 0 aromatic carbocycles. The number of hydrogen-bond acceptors (Lipinski definition) is 8. The van der Waals surface area contributed by atoms with Gasteiger partial charge in [-0.2, -0.15) is 4.98 Å². The van der Waals surface area contributed by atoms with Crippen LogP contribution in [0.2, 0.25) is 0 Å². The molecule has 2 aromatic heterocycles. The lowest BCUT2D eigenvalue weighted by molar-refractivity contribution is -0.116. The van der Waals surface area contributed by atoms with Crippen molar-refractivity contribution in [2.75, 3.05) is 25.0 Å². The summed E-state index contributed by atoms with van der Waals surface area (Å²) in [5, 5.41) is 13.9. The Morgan fingerprint density at radius 1 is 1.36 bits per heavy atom. The van der Waals surface area contributed by atoms with Crippen LogP contribution < -0.4 is 10.6 Å². The molecule has 2 N–H and O–H groups in total. The summed E-state index contributed by atoms with van der Waals surface area (Å²) < 4.78 is 9.94. The van der Waals surface area contributed by atoms with E-state index in [1.807, 2.05) is 0 Å². The third-order valence-electron chi connectivity index (χ3n) is 4.12. The van der Waals surface area contributed by atoms with Gasteiger partial charge >= 0.3 is 0 Å². The van der Waals surface area contributed by atoms with Gasteiger partial charge in [-0.3, -0.25) is 9.69 Å². The summed E-state index contributed by atoms with van der Waals surface area (Å²) in [5.74, 6) is 2.38. The molecule has 3 rings (SSSR count). The molecule has 1 aliphatic rings. The molecular formula is C16H24N6O3. The van der Waals surface area contributed by atoms with Gasteiger partial charge in [-0.1, -0.05) is 10.3 Å². The molecule has 9 heteroatoms. The Balaban J connectivity index is 1.37. The second-order valence-corrected chi connectivity index (χ2v) is 6.38. The number of nitrogens with zero attached hydrogens (tertiary/aromatic N) is 4. The van der Waals surface area contributed by atoms with Crippen LogP contribution in [-0.2, 0) is 11.3 Å². The van der Waals surface area contributed by atoms with Crippen LogP contribution >= 0.6 is 0 Å². The quantitative estimate of drug-likeness (QED) is 0.769. The number of aromatic nitrogens is 3. The number of aryl methyl sites for hydroxylation is 2. The summed E-state index contributed by atoms with van der Waals surface area (Å²) >= 11 is 0. The minimum absolute atomic E-state index is 0.0734. The van der Waals surface area contributed by atoms with Gasteiger partial charge in [0.25, 0.3) is 0 Å². The van der Waals surface area contributed by atoms with E-state index in [4.69, 9.17) is 9.05 Å². The Labute approximate surface area is 146 Å². The highest BCUT2D eigenvalue weighted by Crippen LogP contribution is 2.13. The Morgan fingerprint density at radius 3 is 2.96 bits per heavy atom. The number of nitrogens with one attached hydrogen (secondary N) is 2. The van der Waals surface area contributed by atoms with Crippen LogP contribution in [-0.4, -0.2) is 51.8 Å². The normalized spacial score (nSPS) is 18.4. The number of rotatable bonds is 7. The van der Waals surface area contributed by atoms with Crippen molar-refractivity contribution in [1.82, 2.24) is 25.5 Å². The van der Waals surface area contributed by atoms with Crippen LogP contribution in [0.3, 0.4) is 0 Å². The Kier molecular flexibility index (Phi) is 5.77. The summed E-state index contributed by atoms with van der Waals surface area (Å²) in [6.45, 7) is 6.84. The van der Waals surface area contributed by atoms with E-state index in [0.717, 1.165) is 31.8 Å². The highest BCUT2D eigenvalue weighted by molar-refractivity contribution is 5.89. The zero-order valence-electron chi connectivity index (χ0n) is 14.6. The SMILES string of the molecule is Cc1cc(NC(=O)CCN[C@@H]2CCCN(Cc3noc(C)n3)C2)no1. The largest absolute Gasteiger partial charge is 0.360 e. The second-order valence-electron chi connectivity index (χ2n) is 6.38. The third-order valence-corrected chi connectivity index (χ3v) is 4.12. The monoisotopic (exact) mass is 348 g/mol. The van der Waals surface area contributed by atoms with Gasteiger partial charge in [0.2, 0.25) is 11.8 Å². The van der Waals surface area contributed by atoms with Crippen LogP contribution in [0.4, 0.5) is 5.82 Å². The predicted molar refractivity (Wildman–Crippen MR) is 89.8 cm³/mol. The van der Waals surface area contributed by atoms with Gasteiger partial charge in [-0.25, -0.2) is 0 Å². The van der Waals surface area contributed by atoms with E-state index < -0.39 is 0 Å². The van der Waals surface area contributed by atoms with Crippen molar-refractivity contribution < 1.29 is 13.8 Å². The molecule has 136 valence electrons. The van der Waals surface area contributed by atoms with Crippen LogP contribution in [0, 0.1) is 13.8 Å². The Morgan fingerprint density at radius 2 is 2.24 bits per heavy atom. The highest BCUT2D eigenvalue weighted by atomic mass is 16.5. The van der Waals surface area contributed by atoms with E-state index >= 15 is 0 Å². The summed E-state index contributed by atoms with van der Waals surface area (Å²) in [4.78, 5) is 18.5. The van der Waals surface area contributed by atoms with E-state index in [2.05, 4.69) is 30.8 Å². The number of hydrogen-bond donors (Lipinski definition) is 2. The number of anilines is 1. The standard InChI is InChI=1S/C16H24N6O3/c1-11-8-14(20-24-11)19-16(23)5-6-17-13-4-3-7-22(9-13)10-15-18-12(2)25-21-15/h8,13,17H,3-7,9-10H2,1-2H3,(H,19,20,23)/t13-/m1/s1. The van der Waals surface area contributed by atoms with Gasteiger partial charge < -0.3 is 19.7 Å². The Hall–Kier alpha value is -2.26. The van der Waals surface area contributed by atoms with Crippen LogP contribution in [0.15, 0.2) is 15.1 Å². The number of amides is 1. The molecule has 0 radical (unpaired) electrons. The minimum atomic E-state index is -0.0734. The lowest BCUT2D eigenvalue weighted by Crippen LogP contribution is -2.46. The maximum atomic E-state index is 11.9. The zero-order chi connectivity index (χ0) is 17.6. The second kappa shape index (κ2) is 8.21. The topological polar surface area (TPSA) is 109 Å². The lowest BCUT2D eigenvalue weighted by atomic mass is 10.1. The van der Waals surface area contributed by atoms with E-state index in [0.29, 0.717) is 43.0 Å². The van der Waals surface area contributed by atoms with Gasteiger partial charge in [0, 0.05) is 38.5 Å². The van der Waals surface area contributed by atoms with Gasteiger partial charge in [0.1, 0.15) is 5.76 Å². The molecule has 3 heterocycles. The first-order valence-electron chi connectivity index (χ1n) is 8.56. The summed E-state index contributed by atoms with van der Waals surface area (Å²) in [7, 11) is 0. The van der Waals surface area contributed by atoms with Crippen LogP contribution in [0.1, 0.15) is 36.7 Å². The number of likely N-dealkylation sites (tertiary alicyclic amines) is 1. The van der Waals surface area contributed by atoms with Gasteiger partial charge in [0.05, 0.1) is 6.54 Å². The molecule has 9 nitrogen and oxygen atoms in total. The van der Waals surface area contributed by atoms with Crippen molar-refractivity contribution in [3.05, 3.63) is 23.5 Å². The van der Waals surface area contributed by atoms with E-state index in [1.165, 1.54) is 0 Å². The third kappa shape index (κ3) is 5.36. The fourth-order valence-corrected chi connectivity index (χ4v) is 2.99.